The van der Waals surface area contributed by atoms with Crippen LogP contribution in [-0.4, -0.2) is 39.3 Å². The lowest BCUT2D eigenvalue weighted by Gasteiger charge is -2.17. The number of fused-ring (bicyclic) bond motifs is 1. The predicted octanol–water partition coefficient (Wildman–Crippen LogP) is 2.86. The second-order valence-electron chi connectivity index (χ2n) is 6.59. The van der Waals surface area contributed by atoms with Gasteiger partial charge >= 0.3 is 7.15 Å². The lowest BCUT2D eigenvalue weighted by molar-refractivity contribution is -0.0207. The first kappa shape index (κ1) is 20.4. The first-order chi connectivity index (χ1) is 14.6. The maximum Gasteiger partial charge on any atom is 0.573 e. The summed E-state index contributed by atoms with van der Waals surface area (Å²) < 4.78 is 19.3. The Morgan fingerprint density at radius 2 is 2.20 bits per heavy atom. The molecular formula is C19H20N6O3PS+. The van der Waals surface area contributed by atoms with Crippen molar-refractivity contribution in [2.45, 2.75) is 18.8 Å². The monoisotopic (exact) mass is 443 g/mol. The zero-order valence-corrected chi connectivity index (χ0v) is 17.8. The Morgan fingerprint density at radius 3 is 2.93 bits per heavy atom. The number of hydrogen-bond acceptors (Lipinski definition) is 9. The van der Waals surface area contributed by atoms with Gasteiger partial charge in [0.15, 0.2) is 29.0 Å². The van der Waals surface area contributed by atoms with Crippen molar-refractivity contribution < 1.29 is 13.8 Å². The molecule has 1 saturated heterocycles. The minimum atomic E-state index is -1.50. The van der Waals surface area contributed by atoms with E-state index in [1.165, 1.54) is 0 Å². The van der Waals surface area contributed by atoms with Gasteiger partial charge in [-0.2, -0.15) is 9.97 Å². The number of nitrogens with two attached hydrogens (primary N) is 1. The first-order valence-electron chi connectivity index (χ1n) is 9.21. The summed E-state index contributed by atoms with van der Waals surface area (Å²) in [5.41, 5.74) is 6.98. The lowest BCUT2D eigenvalue weighted by atomic mass is 10.0. The summed E-state index contributed by atoms with van der Waals surface area (Å²) in [5.74, 6) is 3.97. The molecule has 1 unspecified atom stereocenters. The molecule has 0 radical (unpaired) electrons. The van der Waals surface area contributed by atoms with E-state index in [0.717, 1.165) is 0 Å². The minimum Gasteiger partial charge on any atom is -0.371 e. The van der Waals surface area contributed by atoms with Crippen LogP contribution < -0.4 is 15.6 Å². The molecule has 0 bridgehead atoms. The molecule has 3 heterocycles. The van der Waals surface area contributed by atoms with Gasteiger partial charge in [-0.05, 0) is 18.6 Å². The average molecular weight is 443 g/mol. The number of anilines is 2. The van der Waals surface area contributed by atoms with E-state index in [-0.39, 0.29) is 24.6 Å². The Balaban J connectivity index is 1.46. The van der Waals surface area contributed by atoms with Crippen molar-refractivity contribution in [1.82, 2.24) is 19.5 Å². The van der Waals surface area contributed by atoms with Gasteiger partial charge in [0.1, 0.15) is 6.61 Å². The van der Waals surface area contributed by atoms with Crippen LogP contribution in [0.1, 0.15) is 12.6 Å². The van der Waals surface area contributed by atoms with Gasteiger partial charge in [-0.1, -0.05) is 24.1 Å². The third-order valence-corrected chi connectivity index (χ3v) is 5.91. The second kappa shape index (κ2) is 8.90. The van der Waals surface area contributed by atoms with E-state index in [1.54, 1.807) is 17.9 Å². The fourth-order valence-corrected chi connectivity index (χ4v) is 4.37. The highest BCUT2D eigenvalue weighted by Gasteiger charge is 2.38. The Hall–Kier alpha value is -2.83. The third kappa shape index (κ3) is 4.20. The summed E-state index contributed by atoms with van der Waals surface area (Å²) in [5, 5.41) is 2.97. The molecule has 3 aromatic rings. The summed E-state index contributed by atoms with van der Waals surface area (Å²) in [4.78, 5) is 12.9. The number of terminal acetylenes is 1. The van der Waals surface area contributed by atoms with Gasteiger partial charge < -0.3 is 15.8 Å². The van der Waals surface area contributed by atoms with Crippen LogP contribution in [0.2, 0.25) is 0 Å². The van der Waals surface area contributed by atoms with E-state index in [4.69, 9.17) is 37.7 Å². The number of hydrogen-bond donors (Lipinski definition) is 2. The maximum absolute atomic E-state index is 6.17. The van der Waals surface area contributed by atoms with Crippen molar-refractivity contribution in [3.8, 4) is 18.1 Å². The molecule has 1 aliphatic rings. The highest BCUT2D eigenvalue weighted by molar-refractivity contribution is 8.00. The van der Waals surface area contributed by atoms with E-state index in [9.17, 15) is 0 Å². The van der Waals surface area contributed by atoms with Crippen molar-refractivity contribution in [2.24, 2.45) is 5.92 Å². The topological polar surface area (TPSA) is 109 Å². The number of aromatic nitrogens is 4. The number of imidazole rings is 1. The van der Waals surface area contributed by atoms with Crippen molar-refractivity contribution in [1.29, 1.82) is 0 Å². The van der Waals surface area contributed by atoms with Crippen molar-refractivity contribution in [3.63, 3.8) is 0 Å². The number of para-hydroxylation sites is 1. The fraction of sp³-hybridized carbons (Fsp3) is 0.316. The molecule has 9 nitrogen and oxygen atoms in total. The Kier molecular flexibility index (Phi) is 6.06. The zero-order valence-electron chi connectivity index (χ0n) is 16.1. The van der Waals surface area contributed by atoms with Gasteiger partial charge in [0.25, 0.3) is 0 Å². The molecule has 4 atom stereocenters. The molecule has 0 amide bonds. The molecule has 11 heteroatoms. The van der Waals surface area contributed by atoms with Crippen LogP contribution in [0.4, 0.5) is 11.8 Å². The number of ether oxygens (including phenoxy) is 1. The molecule has 0 saturated carbocycles. The van der Waals surface area contributed by atoms with Gasteiger partial charge in [-0.15, -0.1) is 10.9 Å². The first-order valence-corrected chi connectivity index (χ1v) is 11.4. The van der Waals surface area contributed by atoms with E-state index in [0.29, 0.717) is 29.2 Å². The van der Waals surface area contributed by atoms with Crippen molar-refractivity contribution >= 4 is 41.9 Å². The molecule has 2 aromatic heterocycles. The van der Waals surface area contributed by atoms with E-state index in [1.807, 2.05) is 30.3 Å². The summed E-state index contributed by atoms with van der Waals surface area (Å²) in [6.07, 6.45) is 7.34. The molecule has 0 aliphatic carbocycles. The summed E-state index contributed by atoms with van der Waals surface area (Å²) in [6, 6.07) is 9.32. The highest BCUT2D eigenvalue weighted by atomic mass is 32.4. The summed E-state index contributed by atoms with van der Waals surface area (Å²) >= 11 is 5.30. The smallest absolute Gasteiger partial charge is 0.371 e. The second-order valence-corrected chi connectivity index (χ2v) is 8.37. The summed E-state index contributed by atoms with van der Waals surface area (Å²) in [6.45, 7) is 0.280. The standard InChI is InChI=1S/C19H20N6O3PS/c1-3-12-9-14(10-26-29(30)28-13-7-5-4-6-8-13)27-18(12)25-11-22-15-16(21-2)23-19(20)24-17(15)25/h1,4-8,11-12,14,18H,9-10H2,2H3,(H3,20,21,23,24)/q+1/t12-,14-,18+/m0/s1. The van der Waals surface area contributed by atoms with Gasteiger partial charge in [0, 0.05) is 7.05 Å². The molecule has 30 heavy (non-hydrogen) atoms. The lowest BCUT2D eigenvalue weighted by Crippen LogP contribution is -2.17. The zero-order chi connectivity index (χ0) is 21.1. The van der Waals surface area contributed by atoms with Gasteiger partial charge in [0.2, 0.25) is 17.8 Å². The van der Waals surface area contributed by atoms with Crippen molar-refractivity contribution in [3.05, 3.63) is 36.7 Å². The number of nitrogens with zero attached hydrogens (tertiary/aromatic N) is 4. The molecule has 3 N–H and O–H groups in total. The maximum atomic E-state index is 6.17. The normalized spacial score (nSPS) is 21.3. The Morgan fingerprint density at radius 1 is 1.40 bits per heavy atom. The number of benzene rings is 1. The quantitative estimate of drug-likeness (QED) is 0.421. The average Bonchev–Trinajstić information content (AvgIpc) is 3.35. The molecule has 1 fully saturated rings. The number of rotatable bonds is 7. The number of nitrogens with one attached hydrogen (secondary N) is 1. The van der Waals surface area contributed by atoms with Gasteiger partial charge in [-0.25, -0.2) is 4.98 Å². The fourth-order valence-electron chi connectivity index (χ4n) is 3.30. The molecule has 1 aromatic carbocycles. The van der Waals surface area contributed by atoms with Crippen LogP contribution in [-0.2, 0) is 21.1 Å². The molecule has 1 aliphatic heterocycles. The number of nitrogen functional groups attached to an aromatic ring is 1. The van der Waals surface area contributed by atoms with Crippen LogP contribution in [0.25, 0.3) is 11.2 Å². The van der Waals surface area contributed by atoms with Gasteiger partial charge in [0.05, 0.1) is 18.3 Å². The van der Waals surface area contributed by atoms with Gasteiger partial charge in [-0.3, -0.25) is 9.09 Å². The minimum absolute atomic E-state index is 0.138. The Labute approximate surface area is 179 Å². The Bertz CT molecular complexity index is 1100. The van der Waals surface area contributed by atoms with Crippen LogP contribution in [0.15, 0.2) is 36.7 Å². The SMILES string of the molecule is C#C[C@H]1C[C@@H](CO[P+](=S)Oc2ccccc2)O[C@H]1n1cnc2c(NC)nc(N)nc21. The van der Waals surface area contributed by atoms with E-state index < -0.39 is 13.4 Å². The van der Waals surface area contributed by atoms with Crippen LogP contribution in [0, 0.1) is 18.3 Å². The van der Waals surface area contributed by atoms with Crippen molar-refractivity contribution in [2.75, 3.05) is 24.7 Å². The van der Waals surface area contributed by atoms with Crippen LogP contribution >= 0.6 is 7.15 Å². The largest absolute Gasteiger partial charge is 0.573 e. The van der Waals surface area contributed by atoms with E-state index >= 15 is 0 Å². The highest BCUT2D eigenvalue weighted by Crippen LogP contribution is 2.38. The van der Waals surface area contributed by atoms with Crippen LogP contribution in [0.3, 0.4) is 0 Å². The third-order valence-electron chi connectivity index (χ3n) is 4.65. The van der Waals surface area contributed by atoms with E-state index in [2.05, 4.69) is 26.2 Å². The molecular weight excluding hydrogens is 423 g/mol. The predicted molar refractivity (Wildman–Crippen MR) is 117 cm³/mol. The molecule has 4 rings (SSSR count). The molecule has 0 spiro atoms. The summed E-state index contributed by atoms with van der Waals surface area (Å²) in [7, 11) is 0.242. The molecule has 154 valence electrons. The van der Waals surface area contributed by atoms with Crippen LogP contribution in [0.5, 0.6) is 5.75 Å².